The Bertz CT molecular complexity index is 509. The standard InChI is InChI=1S/C17H24N2O2/c1-13-8-14(2)10-16(9-13)21-12-17(20)19-7-6-18-5-3-4-15(18)11-19/h8-10,15H,3-7,11-12H2,1-2H3. The quantitative estimate of drug-likeness (QED) is 0.853. The van der Waals surface area contributed by atoms with Gasteiger partial charge in [-0.25, -0.2) is 0 Å². The van der Waals surface area contributed by atoms with Gasteiger partial charge in [0.1, 0.15) is 5.75 Å². The molecule has 1 unspecified atom stereocenters. The van der Waals surface area contributed by atoms with Crippen molar-refractivity contribution in [2.24, 2.45) is 0 Å². The van der Waals surface area contributed by atoms with Crippen LogP contribution in [0.25, 0.3) is 0 Å². The number of fused-ring (bicyclic) bond motifs is 1. The summed E-state index contributed by atoms with van der Waals surface area (Å²) in [7, 11) is 0. The Morgan fingerprint density at radius 1 is 1.19 bits per heavy atom. The predicted molar refractivity (Wildman–Crippen MR) is 82.6 cm³/mol. The van der Waals surface area contributed by atoms with Gasteiger partial charge in [0.2, 0.25) is 0 Å². The molecule has 0 radical (unpaired) electrons. The van der Waals surface area contributed by atoms with Crippen LogP contribution in [0.5, 0.6) is 5.75 Å². The highest BCUT2D eigenvalue weighted by molar-refractivity contribution is 5.78. The van der Waals surface area contributed by atoms with Crippen molar-refractivity contribution in [3.8, 4) is 5.75 Å². The lowest BCUT2D eigenvalue weighted by atomic mass is 10.1. The number of nitrogens with zero attached hydrogens (tertiary/aromatic N) is 2. The summed E-state index contributed by atoms with van der Waals surface area (Å²) in [6, 6.07) is 6.64. The van der Waals surface area contributed by atoms with Crippen LogP contribution in [0.3, 0.4) is 0 Å². The molecule has 0 saturated carbocycles. The van der Waals surface area contributed by atoms with Crippen LogP contribution in [0.2, 0.25) is 0 Å². The third kappa shape index (κ3) is 3.38. The van der Waals surface area contributed by atoms with Crippen LogP contribution in [0, 0.1) is 13.8 Å². The minimum Gasteiger partial charge on any atom is -0.484 e. The largest absolute Gasteiger partial charge is 0.484 e. The smallest absolute Gasteiger partial charge is 0.260 e. The molecule has 0 bridgehead atoms. The maximum Gasteiger partial charge on any atom is 0.260 e. The highest BCUT2D eigenvalue weighted by atomic mass is 16.5. The second kappa shape index (κ2) is 6.06. The van der Waals surface area contributed by atoms with E-state index in [0.29, 0.717) is 6.04 Å². The monoisotopic (exact) mass is 288 g/mol. The molecule has 0 aromatic heterocycles. The summed E-state index contributed by atoms with van der Waals surface area (Å²) in [6.45, 7) is 8.16. The van der Waals surface area contributed by atoms with Crippen molar-refractivity contribution in [2.45, 2.75) is 32.7 Å². The van der Waals surface area contributed by atoms with Crippen LogP contribution in [0.15, 0.2) is 18.2 Å². The summed E-state index contributed by atoms with van der Waals surface area (Å²) < 4.78 is 5.69. The average Bonchev–Trinajstić information content (AvgIpc) is 2.91. The van der Waals surface area contributed by atoms with Crippen molar-refractivity contribution in [1.29, 1.82) is 0 Å². The van der Waals surface area contributed by atoms with Gasteiger partial charge in [-0.05, 0) is 56.5 Å². The molecule has 1 aromatic rings. The first-order chi connectivity index (χ1) is 10.1. The van der Waals surface area contributed by atoms with E-state index in [0.717, 1.165) is 36.5 Å². The van der Waals surface area contributed by atoms with Crippen LogP contribution in [-0.2, 0) is 4.79 Å². The van der Waals surface area contributed by atoms with E-state index < -0.39 is 0 Å². The zero-order valence-corrected chi connectivity index (χ0v) is 13.0. The Morgan fingerprint density at radius 3 is 2.71 bits per heavy atom. The number of ether oxygens (including phenoxy) is 1. The van der Waals surface area contributed by atoms with Gasteiger partial charge in [-0.3, -0.25) is 9.69 Å². The van der Waals surface area contributed by atoms with Crippen molar-refractivity contribution in [3.63, 3.8) is 0 Å². The number of carbonyl (C=O) groups excluding carboxylic acids is 1. The fraction of sp³-hybridized carbons (Fsp3) is 0.588. The van der Waals surface area contributed by atoms with Gasteiger partial charge in [-0.1, -0.05) is 6.07 Å². The number of benzene rings is 1. The van der Waals surface area contributed by atoms with Gasteiger partial charge < -0.3 is 9.64 Å². The van der Waals surface area contributed by atoms with Crippen molar-refractivity contribution in [2.75, 3.05) is 32.8 Å². The fourth-order valence-electron chi connectivity index (χ4n) is 3.47. The van der Waals surface area contributed by atoms with Crippen LogP contribution in [-0.4, -0.2) is 54.5 Å². The Kier molecular flexibility index (Phi) is 4.15. The molecule has 3 rings (SSSR count). The van der Waals surface area contributed by atoms with E-state index in [2.05, 4.69) is 11.0 Å². The first-order valence-corrected chi connectivity index (χ1v) is 7.85. The molecule has 2 heterocycles. The first-order valence-electron chi connectivity index (χ1n) is 7.85. The third-order valence-electron chi connectivity index (χ3n) is 4.50. The second-order valence-corrected chi connectivity index (χ2v) is 6.28. The fourth-order valence-corrected chi connectivity index (χ4v) is 3.47. The predicted octanol–water partition coefficient (Wildman–Crippen LogP) is 1.99. The number of carbonyl (C=O) groups is 1. The van der Waals surface area contributed by atoms with Gasteiger partial charge in [0, 0.05) is 25.7 Å². The molecule has 21 heavy (non-hydrogen) atoms. The van der Waals surface area contributed by atoms with E-state index in [4.69, 9.17) is 4.74 Å². The van der Waals surface area contributed by atoms with E-state index in [1.807, 2.05) is 30.9 Å². The maximum absolute atomic E-state index is 12.3. The Labute approximate surface area is 126 Å². The van der Waals surface area contributed by atoms with E-state index >= 15 is 0 Å². The highest BCUT2D eigenvalue weighted by Crippen LogP contribution is 2.22. The van der Waals surface area contributed by atoms with Crippen LogP contribution >= 0.6 is 0 Å². The van der Waals surface area contributed by atoms with E-state index in [-0.39, 0.29) is 12.5 Å². The summed E-state index contributed by atoms with van der Waals surface area (Å²) in [6.07, 6.45) is 2.49. The SMILES string of the molecule is Cc1cc(C)cc(OCC(=O)N2CCN3CCCC3C2)c1. The third-order valence-corrected chi connectivity index (χ3v) is 4.50. The molecule has 4 heteroatoms. The Hall–Kier alpha value is -1.55. The summed E-state index contributed by atoms with van der Waals surface area (Å²) in [5.74, 6) is 0.904. The summed E-state index contributed by atoms with van der Waals surface area (Å²) in [5, 5.41) is 0. The zero-order chi connectivity index (χ0) is 14.8. The first kappa shape index (κ1) is 14.4. The number of aryl methyl sites for hydroxylation is 2. The summed E-state index contributed by atoms with van der Waals surface area (Å²) in [4.78, 5) is 16.8. The molecule has 114 valence electrons. The van der Waals surface area contributed by atoms with Gasteiger partial charge in [0.15, 0.2) is 6.61 Å². The van der Waals surface area contributed by atoms with Crippen molar-refractivity contribution in [1.82, 2.24) is 9.80 Å². The molecule has 1 amide bonds. The summed E-state index contributed by atoms with van der Waals surface area (Å²) >= 11 is 0. The molecule has 0 aliphatic carbocycles. The lowest BCUT2D eigenvalue weighted by molar-refractivity contribution is -0.135. The van der Waals surface area contributed by atoms with Gasteiger partial charge in [-0.2, -0.15) is 0 Å². The Morgan fingerprint density at radius 2 is 1.95 bits per heavy atom. The molecule has 0 spiro atoms. The molecular formula is C17H24N2O2. The zero-order valence-electron chi connectivity index (χ0n) is 13.0. The minimum absolute atomic E-state index is 0.112. The van der Waals surface area contributed by atoms with Crippen molar-refractivity contribution in [3.05, 3.63) is 29.3 Å². The van der Waals surface area contributed by atoms with E-state index in [1.54, 1.807) is 0 Å². The second-order valence-electron chi connectivity index (χ2n) is 6.28. The summed E-state index contributed by atoms with van der Waals surface area (Å²) in [5.41, 5.74) is 2.33. The van der Waals surface area contributed by atoms with Crippen molar-refractivity contribution < 1.29 is 9.53 Å². The van der Waals surface area contributed by atoms with Gasteiger partial charge in [0.05, 0.1) is 0 Å². The molecule has 2 aliphatic rings. The number of piperazine rings is 1. The molecule has 2 aliphatic heterocycles. The van der Waals surface area contributed by atoms with Crippen molar-refractivity contribution >= 4 is 5.91 Å². The topological polar surface area (TPSA) is 32.8 Å². The molecule has 0 N–H and O–H groups in total. The molecule has 1 atom stereocenters. The Balaban J connectivity index is 1.54. The minimum atomic E-state index is 0.112. The molecule has 2 fully saturated rings. The number of amides is 1. The van der Waals surface area contributed by atoms with E-state index in [1.165, 1.54) is 19.4 Å². The van der Waals surface area contributed by atoms with Gasteiger partial charge >= 0.3 is 0 Å². The van der Waals surface area contributed by atoms with Crippen LogP contribution < -0.4 is 4.74 Å². The lowest BCUT2D eigenvalue weighted by Crippen LogP contribution is -2.53. The van der Waals surface area contributed by atoms with Gasteiger partial charge in [-0.15, -0.1) is 0 Å². The van der Waals surface area contributed by atoms with Crippen LogP contribution in [0.4, 0.5) is 0 Å². The normalized spacial score (nSPS) is 22.2. The number of rotatable bonds is 3. The highest BCUT2D eigenvalue weighted by Gasteiger charge is 2.32. The van der Waals surface area contributed by atoms with Crippen LogP contribution in [0.1, 0.15) is 24.0 Å². The maximum atomic E-state index is 12.3. The molecule has 1 aromatic carbocycles. The number of hydrogen-bond donors (Lipinski definition) is 0. The average molecular weight is 288 g/mol. The lowest BCUT2D eigenvalue weighted by Gasteiger charge is -2.37. The molecular weight excluding hydrogens is 264 g/mol. The van der Waals surface area contributed by atoms with Gasteiger partial charge in [0.25, 0.3) is 5.91 Å². The molecule has 4 nitrogen and oxygen atoms in total. The number of hydrogen-bond acceptors (Lipinski definition) is 3. The van der Waals surface area contributed by atoms with E-state index in [9.17, 15) is 4.79 Å². The molecule has 2 saturated heterocycles.